The molecule has 126 valence electrons. The van der Waals surface area contributed by atoms with Gasteiger partial charge in [0.1, 0.15) is 23.2 Å². The molecule has 1 N–H and O–H groups in total. The van der Waals surface area contributed by atoms with Crippen molar-refractivity contribution < 1.29 is 12.8 Å². The van der Waals surface area contributed by atoms with Crippen LogP contribution in [0, 0.1) is 12.7 Å². The largest absolute Gasteiger partial charge is 0.329 e. The maximum absolute atomic E-state index is 13.0. The molecule has 0 aliphatic carbocycles. The monoisotopic (exact) mass is 349 g/mol. The van der Waals surface area contributed by atoms with E-state index < -0.39 is 9.84 Å². The lowest BCUT2D eigenvalue weighted by molar-refractivity contribution is 0.583. The number of hydrogen-bond donors (Lipinski definition) is 1. The number of nitrogens with one attached hydrogen (secondary N) is 1. The highest BCUT2D eigenvalue weighted by atomic mass is 32.2. The summed E-state index contributed by atoms with van der Waals surface area (Å²) in [6, 6.07) is 5.71. The number of H-pyrrole nitrogens is 1. The van der Waals surface area contributed by atoms with Gasteiger partial charge in [-0.1, -0.05) is 0 Å². The minimum absolute atomic E-state index is 0.148. The Kier molecular flexibility index (Phi) is 4.18. The molecule has 2 heterocycles. The van der Waals surface area contributed by atoms with Crippen molar-refractivity contribution in [2.24, 2.45) is 0 Å². The SMILES string of the molecule is CCn1c(C)nnc1CS(=O)(=O)c1ncc(-c2ccc(F)cc2)[nH]1. The van der Waals surface area contributed by atoms with Gasteiger partial charge in [0.15, 0.2) is 0 Å². The van der Waals surface area contributed by atoms with Crippen LogP contribution < -0.4 is 0 Å². The highest BCUT2D eigenvalue weighted by molar-refractivity contribution is 7.90. The van der Waals surface area contributed by atoms with Crippen LogP contribution in [0.3, 0.4) is 0 Å². The third kappa shape index (κ3) is 3.07. The van der Waals surface area contributed by atoms with E-state index in [-0.39, 0.29) is 16.7 Å². The first-order chi connectivity index (χ1) is 11.4. The maximum atomic E-state index is 13.0. The van der Waals surface area contributed by atoms with Crippen LogP contribution in [-0.4, -0.2) is 33.2 Å². The van der Waals surface area contributed by atoms with Gasteiger partial charge < -0.3 is 9.55 Å². The first-order valence-corrected chi connectivity index (χ1v) is 8.98. The highest BCUT2D eigenvalue weighted by Gasteiger charge is 2.23. The van der Waals surface area contributed by atoms with Gasteiger partial charge in [-0.05, 0) is 43.7 Å². The molecule has 0 saturated carbocycles. The summed E-state index contributed by atoms with van der Waals surface area (Å²) in [4.78, 5) is 6.73. The van der Waals surface area contributed by atoms with E-state index in [1.807, 2.05) is 6.92 Å². The second-order valence-electron chi connectivity index (χ2n) is 5.28. The Morgan fingerprint density at radius 1 is 1.21 bits per heavy atom. The summed E-state index contributed by atoms with van der Waals surface area (Å²) in [6.07, 6.45) is 1.41. The minimum Gasteiger partial charge on any atom is -0.329 e. The number of imidazole rings is 1. The number of nitrogens with zero attached hydrogens (tertiary/aromatic N) is 4. The van der Waals surface area contributed by atoms with Crippen LogP contribution in [0.5, 0.6) is 0 Å². The molecule has 3 rings (SSSR count). The lowest BCUT2D eigenvalue weighted by atomic mass is 10.2. The zero-order valence-electron chi connectivity index (χ0n) is 13.2. The normalized spacial score (nSPS) is 11.8. The van der Waals surface area contributed by atoms with Crippen molar-refractivity contribution in [2.75, 3.05) is 0 Å². The number of hydrogen-bond acceptors (Lipinski definition) is 5. The Bertz CT molecular complexity index is 960. The number of sulfone groups is 1. The third-order valence-corrected chi connectivity index (χ3v) is 5.08. The zero-order chi connectivity index (χ0) is 17.3. The van der Waals surface area contributed by atoms with E-state index in [2.05, 4.69) is 20.2 Å². The summed E-state index contributed by atoms with van der Waals surface area (Å²) in [6.45, 7) is 4.25. The summed E-state index contributed by atoms with van der Waals surface area (Å²) in [5.74, 6) is 0.377. The second kappa shape index (κ2) is 6.16. The Balaban J connectivity index is 1.89. The lowest BCUT2D eigenvalue weighted by Crippen LogP contribution is -2.12. The van der Waals surface area contributed by atoms with Crippen LogP contribution in [0.25, 0.3) is 11.3 Å². The van der Waals surface area contributed by atoms with Gasteiger partial charge in [0, 0.05) is 6.54 Å². The fraction of sp³-hybridized carbons (Fsp3) is 0.267. The van der Waals surface area contributed by atoms with Gasteiger partial charge in [-0.3, -0.25) is 0 Å². The summed E-state index contributed by atoms with van der Waals surface area (Å²) >= 11 is 0. The minimum atomic E-state index is -3.69. The first-order valence-electron chi connectivity index (χ1n) is 7.33. The molecule has 9 heteroatoms. The quantitative estimate of drug-likeness (QED) is 0.761. The topological polar surface area (TPSA) is 93.5 Å². The van der Waals surface area contributed by atoms with Crippen molar-refractivity contribution >= 4 is 9.84 Å². The smallest absolute Gasteiger partial charge is 0.225 e. The fourth-order valence-corrected chi connectivity index (χ4v) is 3.59. The molecule has 24 heavy (non-hydrogen) atoms. The van der Waals surface area contributed by atoms with E-state index in [4.69, 9.17) is 0 Å². The number of aromatic amines is 1. The van der Waals surface area contributed by atoms with Crippen LogP contribution in [-0.2, 0) is 22.1 Å². The van der Waals surface area contributed by atoms with E-state index in [1.165, 1.54) is 18.3 Å². The lowest BCUT2D eigenvalue weighted by Gasteiger charge is -2.05. The molecule has 0 radical (unpaired) electrons. The number of benzene rings is 1. The van der Waals surface area contributed by atoms with E-state index in [0.717, 1.165) is 0 Å². The van der Waals surface area contributed by atoms with Crippen molar-refractivity contribution in [3.8, 4) is 11.3 Å². The predicted octanol–water partition coefficient (Wildman–Crippen LogP) is 2.11. The summed E-state index contributed by atoms with van der Waals surface area (Å²) < 4.78 is 39.8. The molecular weight excluding hydrogens is 333 g/mol. The predicted molar refractivity (Wildman–Crippen MR) is 85.3 cm³/mol. The van der Waals surface area contributed by atoms with Crippen molar-refractivity contribution in [2.45, 2.75) is 31.3 Å². The summed E-state index contributed by atoms with van der Waals surface area (Å²) in [5.41, 5.74) is 1.15. The number of aromatic nitrogens is 5. The molecule has 3 aromatic rings. The molecule has 0 aliphatic rings. The molecule has 0 unspecified atom stereocenters. The maximum Gasteiger partial charge on any atom is 0.225 e. The van der Waals surface area contributed by atoms with Crippen LogP contribution >= 0.6 is 0 Å². The van der Waals surface area contributed by atoms with E-state index in [1.54, 1.807) is 23.6 Å². The zero-order valence-corrected chi connectivity index (χ0v) is 14.0. The highest BCUT2D eigenvalue weighted by Crippen LogP contribution is 2.20. The molecule has 0 fully saturated rings. The van der Waals surface area contributed by atoms with E-state index >= 15 is 0 Å². The number of rotatable bonds is 5. The first kappa shape index (κ1) is 16.3. The molecule has 0 amide bonds. The van der Waals surface area contributed by atoms with Crippen LogP contribution in [0.2, 0.25) is 0 Å². The Morgan fingerprint density at radius 2 is 1.92 bits per heavy atom. The number of aryl methyl sites for hydroxylation is 1. The third-order valence-electron chi connectivity index (χ3n) is 3.65. The average molecular weight is 349 g/mol. The van der Waals surface area contributed by atoms with Gasteiger partial charge in [0.25, 0.3) is 0 Å². The second-order valence-corrected chi connectivity index (χ2v) is 7.18. The standard InChI is InChI=1S/C15H16FN5O2S/c1-3-21-10(2)19-20-14(21)9-24(22,23)15-17-8-13(18-15)11-4-6-12(16)7-5-11/h4-8H,3,9H2,1-2H3,(H,17,18). The molecule has 0 aliphatic heterocycles. The van der Waals surface area contributed by atoms with E-state index in [9.17, 15) is 12.8 Å². The molecule has 0 bridgehead atoms. The van der Waals surface area contributed by atoms with Crippen molar-refractivity contribution in [3.63, 3.8) is 0 Å². The van der Waals surface area contributed by atoms with Crippen molar-refractivity contribution in [1.82, 2.24) is 24.7 Å². The fourth-order valence-electron chi connectivity index (χ4n) is 2.42. The van der Waals surface area contributed by atoms with Crippen LogP contribution in [0.1, 0.15) is 18.6 Å². The van der Waals surface area contributed by atoms with Gasteiger partial charge in [0.05, 0.1) is 11.9 Å². The van der Waals surface area contributed by atoms with Crippen LogP contribution in [0.4, 0.5) is 4.39 Å². The van der Waals surface area contributed by atoms with Crippen LogP contribution in [0.15, 0.2) is 35.6 Å². The molecule has 7 nitrogen and oxygen atoms in total. The summed E-state index contributed by atoms with van der Waals surface area (Å²) in [7, 11) is -3.69. The van der Waals surface area contributed by atoms with Crippen molar-refractivity contribution in [3.05, 3.63) is 47.9 Å². The molecule has 1 aromatic carbocycles. The molecule has 2 aromatic heterocycles. The molecule has 0 saturated heterocycles. The molecule has 0 atom stereocenters. The van der Waals surface area contributed by atoms with Gasteiger partial charge in [-0.25, -0.2) is 17.8 Å². The molecule has 0 spiro atoms. The number of halogens is 1. The van der Waals surface area contributed by atoms with Gasteiger partial charge >= 0.3 is 0 Å². The van der Waals surface area contributed by atoms with E-state index in [0.29, 0.717) is 29.5 Å². The van der Waals surface area contributed by atoms with Gasteiger partial charge in [-0.2, -0.15) is 0 Å². The Labute approximate surface area is 138 Å². The summed E-state index contributed by atoms with van der Waals surface area (Å²) in [5, 5.41) is 7.68. The van der Waals surface area contributed by atoms with Gasteiger partial charge in [-0.15, -0.1) is 10.2 Å². The van der Waals surface area contributed by atoms with Gasteiger partial charge in [0.2, 0.25) is 15.0 Å². The average Bonchev–Trinajstić information content (AvgIpc) is 3.16. The Hall–Kier alpha value is -2.55. The van der Waals surface area contributed by atoms with Crippen molar-refractivity contribution in [1.29, 1.82) is 0 Å². The molecular formula is C15H16FN5O2S. The Morgan fingerprint density at radius 3 is 2.58 bits per heavy atom.